The lowest BCUT2D eigenvalue weighted by molar-refractivity contribution is -0.131. The van der Waals surface area contributed by atoms with Crippen molar-refractivity contribution in [1.82, 2.24) is 15.1 Å². The minimum Gasteiger partial charge on any atom is -0.494 e. The first-order valence-corrected chi connectivity index (χ1v) is 11.1. The van der Waals surface area contributed by atoms with E-state index in [-0.39, 0.29) is 17.7 Å². The molecular formula is C25H33N3O3. The summed E-state index contributed by atoms with van der Waals surface area (Å²) in [6.07, 6.45) is 0.338. The number of hydrogen-bond acceptors (Lipinski definition) is 4. The van der Waals surface area contributed by atoms with Gasteiger partial charge in [-0.15, -0.1) is 0 Å². The summed E-state index contributed by atoms with van der Waals surface area (Å²) in [5, 5.41) is 3.26. The summed E-state index contributed by atoms with van der Waals surface area (Å²) < 4.78 is 5.49. The number of amides is 2. The lowest BCUT2D eigenvalue weighted by atomic mass is 10.00. The van der Waals surface area contributed by atoms with Crippen LogP contribution in [0.4, 0.5) is 0 Å². The topological polar surface area (TPSA) is 61.9 Å². The summed E-state index contributed by atoms with van der Waals surface area (Å²) in [5.74, 6) is 0.969. The van der Waals surface area contributed by atoms with E-state index in [0.717, 1.165) is 31.9 Å². The smallest absolute Gasteiger partial charge is 0.253 e. The number of ether oxygens (including phenoxy) is 1. The molecule has 6 heteroatoms. The fourth-order valence-corrected chi connectivity index (χ4v) is 3.84. The first-order valence-electron chi connectivity index (χ1n) is 11.1. The highest BCUT2D eigenvalue weighted by atomic mass is 16.5. The molecule has 31 heavy (non-hydrogen) atoms. The van der Waals surface area contributed by atoms with Gasteiger partial charge in [0.2, 0.25) is 5.91 Å². The van der Waals surface area contributed by atoms with Crippen molar-refractivity contribution in [2.24, 2.45) is 0 Å². The van der Waals surface area contributed by atoms with Gasteiger partial charge in [0.15, 0.2) is 0 Å². The van der Waals surface area contributed by atoms with E-state index in [2.05, 4.69) is 24.4 Å². The molecule has 1 N–H and O–H groups in total. The molecule has 0 saturated carbocycles. The van der Waals surface area contributed by atoms with Crippen molar-refractivity contribution in [3.05, 3.63) is 65.7 Å². The number of rotatable bonds is 9. The van der Waals surface area contributed by atoms with E-state index in [1.807, 2.05) is 47.1 Å². The Bertz CT molecular complexity index is 833. The summed E-state index contributed by atoms with van der Waals surface area (Å²) in [4.78, 5) is 29.7. The molecule has 0 unspecified atom stereocenters. The first kappa shape index (κ1) is 22.8. The molecule has 2 aromatic rings. The van der Waals surface area contributed by atoms with Crippen LogP contribution in [-0.2, 0) is 4.79 Å². The Hall–Kier alpha value is -2.86. The van der Waals surface area contributed by atoms with Crippen LogP contribution >= 0.6 is 0 Å². The average Bonchev–Trinajstić information content (AvgIpc) is 2.82. The third kappa shape index (κ3) is 6.56. The monoisotopic (exact) mass is 423 g/mol. The van der Waals surface area contributed by atoms with Gasteiger partial charge < -0.3 is 19.9 Å². The quantitative estimate of drug-likeness (QED) is 0.673. The Morgan fingerprint density at radius 1 is 1.06 bits per heavy atom. The van der Waals surface area contributed by atoms with Crippen molar-refractivity contribution < 1.29 is 14.3 Å². The molecule has 1 aliphatic rings. The van der Waals surface area contributed by atoms with Gasteiger partial charge in [-0.2, -0.15) is 0 Å². The summed E-state index contributed by atoms with van der Waals surface area (Å²) in [7, 11) is 0. The van der Waals surface area contributed by atoms with E-state index in [4.69, 9.17) is 4.74 Å². The number of carbonyl (C=O) groups excluding carboxylic acids is 2. The maximum absolute atomic E-state index is 13.3. The second-order valence-corrected chi connectivity index (χ2v) is 7.90. The fraction of sp³-hybridized carbons (Fsp3) is 0.440. The van der Waals surface area contributed by atoms with Crippen molar-refractivity contribution in [3.63, 3.8) is 0 Å². The van der Waals surface area contributed by atoms with E-state index in [0.29, 0.717) is 31.7 Å². The highest BCUT2D eigenvalue weighted by molar-refractivity contribution is 5.94. The zero-order chi connectivity index (χ0) is 22.1. The number of nitrogens with zero attached hydrogens (tertiary/aromatic N) is 2. The largest absolute Gasteiger partial charge is 0.494 e. The van der Waals surface area contributed by atoms with Gasteiger partial charge in [0.25, 0.3) is 5.91 Å². The number of hydrogen-bond donors (Lipinski definition) is 1. The Kier molecular flexibility index (Phi) is 8.47. The Morgan fingerprint density at radius 3 is 2.39 bits per heavy atom. The van der Waals surface area contributed by atoms with Crippen molar-refractivity contribution in [1.29, 1.82) is 0 Å². The molecule has 0 radical (unpaired) electrons. The summed E-state index contributed by atoms with van der Waals surface area (Å²) in [5.41, 5.74) is 1.79. The predicted octanol–water partition coefficient (Wildman–Crippen LogP) is 3.15. The fourth-order valence-electron chi connectivity index (χ4n) is 3.84. The molecule has 166 valence electrons. The van der Waals surface area contributed by atoms with Crippen LogP contribution in [0.3, 0.4) is 0 Å². The average molecular weight is 424 g/mol. The Labute approximate surface area is 185 Å². The van der Waals surface area contributed by atoms with E-state index in [1.165, 1.54) is 5.56 Å². The molecule has 2 amide bonds. The number of nitrogens with one attached hydrogen (secondary N) is 1. The van der Waals surface area contributed by atoms with Crippen LogP contribution < -0.4 is 10.1 Å². The van der Waals surface area contributed by atoms with Gasteiger partial charge >= 0.3 is 0 Å². The van der Waals surface area contributed by atoms with Gasteiger partial charge in [-0.05, 0) is 42.7 Å². The SMILES string of the molecule is CCOc1ccc(C(=O)N(CCC(=O)N2CCNCC2)C[C@H](C)c2ccccc2)cc1. The number of piperazine rings is 1. The third-order valence-electron chi connectivity index (χ3n) is 5.63. The molecule has 0 spiro atoms. The van der Waals surface area contributed by atoms with Crippen molar-refractivity contribution in [3.8, 4) is 5.75 Å². The van der Waals surface area contributed by atoms with Gasteiger partial charge in [-0.25, -0.2) is 0 Å². The highest BCUT2D eigenvalue weighted by Crippen LogP contribution is 2.19. The van der Waals surface area contributed by atoms with Gasteiger partial charge in [0, 0.05) is 51.3 Å². The minimum absolute atomic E-state index is 0.0565. The third-order valence-corrected chi connectivity index (χ3v) is 5.63. The molecule has 1 aliphatic heterocycles. The molecular weight excluding hydrogens is 390 g/mol. The molecule has 6 nitrogen and oxygen atoms in total. The maximum atomic E-state index is 13.3. The normalized spacial score (nSPS) is 14.7. The second kappa shape index (κ2) is 11.5. The predicted molar refractivity (Wildman–Crippen MR) is 122 cm³/mol. The Morgan fingerprint density at radius 2 is 1.74 bits per heavy atom. The van der Waals surface area contributed by atoms with Crippen molar-refractivity contribution in [2.45, 2.75) is 26.2 Å². The lowest BCUT2D eigenvalue weighted by Gasteiger charge is -2.30. The van der Waals surface area contributed by atoms with Crippen molar-refractivity contribution in [2.75, 3.05) is 45.9 Å². The molecule has 1 saturated heterocycles. The standard InChI is InChI=1S/C25H33N3O3/c1-3-31-23-11-9-22(10-12-23)25(30)28(19-20(2)21-7-5-4-6-8-21)16-13-24(29)27-17-14-26-15-18-27/h4-12,20,26H,3,13-19H2,1-2H3/t20-/m0/s1. The first-order chi connectivity index (χ1) is 15.1. The minimum atomic E-state index is -0.0565. The van der Waals surface area contributed by atoms with E-state index in [1.54, 1.807) is 12.1 Å². The van der Waals surface area contributed by atoms with E-state index in [9.17, 15) is 9.59 Å². The summed E-state index contributed by atoms with van der Waals surface area (Å²) in [6, 6.07) is 17.4. The molecule has 0 bridgehead atoms. The summed E-state index contributed by atoms with van der Waals surface area (Å²) in [6.45, 7) is 8.71. The molecule has 0 aromatic heterocycles. The van der Waals surface area contributed by atoms with Crippen LogP contribution in [-0.4, -0.2) is 67.5 Å². The van der Waals surface area contributed by atoms with Crippen LogP contribution in [0.2, 0.25) is 0 Å². The summed E-state index contributed by atoms with van der Waals surface area (Å²) >= 11 is 0. The number of benzene rings is 2. The molecule has 2 aromatic carbocycles. The van der Waals surface area contributed by atoms with Crippen molar-refractivity contribution >= 4 is 11.8 Å². The Balaban J connectivity index is 1.70. The van der Waals surface area contributed by atoms with Gasteiger partial charge in [-0.1, -0.05) is 37.3 Å². The second-order valence-electron chi connectivity index (χ2n) is 7.90. The van der Waals surface area contributed by atoms with Crippen LogP contribution in [0.25, 0.3) is 0 Å². The van der Waals surface area contributed by atoms with Gasteiger partial charge in [-0.3, -0.25) is 9.59 Å². The molecule has 3 rings (SSSR count). The maximum Gasteiger partial charge on any atom is 0.253 e. The molecule has 1 heterocycles. The van der Waals surface area contributed by atoms with Gasteiger partial charge in [0.05, 0.1) is 6.61 Å². The van der Waals surface area contributed by atoms with Gasteiger partial charge in [0.1, 0.15) is 5.75 Å². The van der Waals surface area contributed by atoms with Crippen LogP contribution in [0.15, 0.2) is 54.6 Å². The van der Waals surface area contributed by atoms with E-state index >= 15 is 0 Å². The molecule has 1 atom stereocenters. The van der Waals surface area contributed by atoms with E-state index < -0.39 is 0 Å². The molecule has 1 fully saturated rings. The zero-order valence-corrected chi connectivity index (χ0v) is 18.5. The number of carbonyl (C=O) groups is 2. The lowest BCUT2D eigenvalue weighted by Crippen LogP contribution is -2.47. The highest BCUT2D eigenvalue weighted by Gasteiger charge is 2.22. The van der Waals surface area contributed by atoms with Crippen LogP contribution in [0.5, 0.6) is 5.75 Å². The van der Waals surface area contributed by atoms with Crippen LogP contribution in [0, 0.1) is 0 Å². The van der Waals surface area contributed by atoms with Crippen LogP contribution in [0.1, 0.15) is 42.1 Å². The molecule has 0 aliphatic carbocycles. The zero-order valence-electron chi connectivity index (χ0n) is 18.5.